The lowest BCUT2D eigenvalue weighted by molar-refractivity contribution is 0.103. The number of ether oxygens (including phenoxy) is 1. The summed E-state index contributed by atoms with van der Waals surface area (Å²) in [6, 6.07) is 8.35. The van der Waals surface area contributed by atoms with Gasteiger partial charge in [0, 0.05) is 24.2 Å². The minimum Gasteiger partial charge on any atom is -0.378 e. The van der Waals surface area contributed by atoms with Gasteiger partial charge in [0.05, 0.1) is 41.9 Å². The largest absolute Gasteiger partial charge is 0.378 e. The molecule has 1 fully saturated rings. The Kier molecular flexibility index (Phi) is 6.33. The highest BCUT2D eigenvalue weighted by atomic mass is 32.2. The van der Waals surface area contributed by atoms with Crippen molar-refractivity contribution >= 4 is 38.3 Å². The molecule has 1 aromatic heterocycles. The number of hydrogen-bond donors (Lipinski definition) is 1. The number of morpholine rings is 1. The van der Waals surface area contributed by atoms with Crippen LogP contribution >= 0.6 is 0 Å². The average Bonchev–Trinajstić information content (AvgIpc) is 2.77. The van der Waals surface area contributed by atoms with Gasteiger partial charge in [-0.15, -0.1) is 0 Å². The van der Waals surface area contributed by atoms with Crippen LogP contribution in [0.1, 0.15) is 29.3 Å². The van der Waals surface area contributed by atoms with Crippen LogP contribution in [0.25, 0.3) is 11.0 Å². The van der Waals surface area contributed by atoms with Gasteiger partial charge in [-0.2, -0.15) is 0 Å². The summed E-state index contributed by atoms with van der Waals surface area (Å²) in [5.41, 5.74) is 1.53. The molecular formula is C22H23FN4O4S. The van der Waals surface area contributed by atoms with Gasteiger partial charge in [0.2, 0.25) is 10.0 Å². The van der Waals surface area contributed by atoms with Crippen LogP contribution in [0.4, 0.5) is 15.9 Å². The number of fused-ring (bicyclic) bond motifs is 1. The van der Waals surface area contributed by atoms with Crippen LogP contribution in [0.3, 0.4) is 0 Å². The molecule has 3 aromatic rings. The summed E-state index contributed by atoms with van der Waals surface area (Å²) in [4.78, 5) is 24.2. The normalized spacial score (nSPS) is 14.5. The maximum atomic E-state index is 14.2. The van der Waals surface area contributed by atoms with Crippen LogP contribution in [0.15, 0.2) is 42.6 Å². The first-order valence-corrected chi connectivity index (χ1v) is 11.9. The van der Waals surface area contributed by atoms with Crippen LogP contribution in [0.2, 0.25) is 0 Å². The highest BCUT2D eigenvalue weighted by Crippen LogP contribution is 2.22. The third-order valence-electron chi connectivity index (χ3n) is 5.03. The maximum absolute atomic E-state index is 14.2. The van der Waals surface area contributed by atoms with Crippen LogP contribution in [-0.2, 0) is 14.8 Å². The lowest BCUT2D eigenvalue weighted by Gasteiger charge is -2.27. The van der Waals surface area contributed by atoms with E-state index in [2.05, 4.69) is 19.6 Å². The summed E-state index contributed by atoms with van der Waals surface area (Å²) in [5, 5.41) is 0. The molecule has 32 heavy (non-hydrogen) atoms. The van der Waals surface area contributed by atoms with Gasteiger partial charge in [-0.1, -0.05) is 6.92 Å². The molecule has 1 aliphatic heterocycles. The van der Waals surface area contributed by atoms with Gasteiger partial charge in [0.1, 0.15) is 11.6 Å². The first-order chi connectivity index (χ1) is 15.3. The minimum absolute atomic E-state index is 0.0111. The zero-order chi connectivity index (χ0) is 22.7. The highest BCUT2D eigenvalue weighted by molar-refractivity contribution is 7.92. The molecule has 4 rings (SSSR count). The molecule has 1 aliphatic rings. The van der Waals surface area contributed by atoms with E-state index >= 15 is 0 Å². The Bertz CT molecular complexity index is 1260. The molecule has 2 heterocycles. The molecule has 0 spiro atoms. The second-order valence-corrected chi connectivity index (χ2v) is 9.35. The minimum atomic E-state index is -3.61. The van der Waals surface area contributed by atoms with Gasteiger partial charge in [-0.25, -0.2) is 17.8 Å². The number of hydrogen-bond acceptors (Lipinski definition) is 7. The molecule has 0 unspecified atom stereocenters. The number of nitrogens with zero attached hydrogens (tertiary/aromatic N) is 3. The summed E-state index contributed by atoms with van der Waals surface area (Å²) >= 11 is 0. The highest BCUT2D eigenvalue weighted by Gasteiger charge is 2.17. The van der Waals surface area contributed by atoms with Crippen molar-refractivity contribution in [2.75, 3.05) is 41.7 Å². The second-order valence-electron chi connectivity index (χ2n) is 7.51. The molecule has 0 atom stereocenters. The van der Waals surface area contributed by atoms with E-state index < -0.39 is 21.6 Å². The van der Waals surface area contributed by atoms with E-state index in [1.807, 2.05) is 0 Å². The molecular weight excluding hydrogens is 435 g/mol. The molecule has 8 nitrogen and oxygen atoms in total. The fourth-order valence-electron chi connectivity index (χ4n) is 3.53. The predicted octanol–water partition coefficient (Wildman–Crippen LogP) is 2.99. The Hall–Kier alpha value is -3.11. The van der Waals surface area contributed by atoms with Crippen LogP contribution in [0, 0.1) is 5.82 Å². The Morgan fingerprint density at radius 2 is 1.91 bits per heavy atom. The molecule has 1 saturated heterocycles. The van der Waals surface area contributed by atoms with Gasteiger partial charge in [0.25, 0.3) is 0 Å². The number of benzene rings is 2. The van der Waals surface area contributed by atoms with E-state index in [1.165, 1.54) is 6.07 Å². The number of rotatable bonds is 7. The van der Waals surface area contributed by atoms with Gasteiger partial charge >= 0.3 is 0 Å². The third-order valence-corrected chi connectivity index (χ3v) is 6.53. The number of ketones is 1. The van der Waals surface area contributed by atoms with E-state index in [1.54, 1.807) is 31.3 Å². The Balaban J connectivity index is 1.64. The van der Waals surface area contributed by atoms with Gasteiger partial charge in [-0.3, -0.25) is 14.5 Å². The third kappa shape index (κ3) is 5.03. The average molecular weight is 459 g/mol. The predicted molar refractivity (Wildman–Crippen MR) is 120 cm³/mol. The number of halogens is 1. The van der Waals surface area contributed by atoms with Crippen LogP contribution in [0.5, 0.6) is 0 Å². The Labute approximate surface area is 185 Å². The standard InChI is InChI=1S/C22H23FN4O4S/c1-2-9-32(29,30)26-18-11-16(10-17(23)13-18)22(28)15-3-4-19-20(12-15)25-21(14-24-19)27-5-7-31-8-6-27/h3-4,10-14,26H,2,5-9H2,1H3. The SMILES string of the molecule is CCCS(=O)(=O)Nc1cc(F)cc(C(=O)c2ccc3ncc(N4CCOCC4)nc3c2)c1. The Morgan fingerprint density at radius 1 is 1.12 bits per heavy atom. The fraction of sp³-hybridized carbons (Fsp3) is 0.318. The maximum Gasteiger partial charge on any atom is 0.232 e. The van der Waals surface area contributed by atoms with Crippen molar-refractivity contribution in [3.05, 3.63) is 59.5 Å². The van der Waals surface area contributed by atoms with Crippen LogP contribution < -0.4 is 9.62 Å². The summed E-state index contributed by atoms with van der Waals surface area (Å²) in [5.74, 6) is -0.549. The smallest absolute Gasteiger partial charge is 0.232 e. The van der Waals surface area contributed by atoms with Gasteiger partial charge in [0.15, 0.2) is 5.78 Å². The molecule has 0 radical (unpaired) electrons. The molecule has 0 aliphatic carbocycles. The lowest BCUT2D eigenvalue weighted by atomic mass is 10.0. The van der Waals surface area contributed by atoms with E-state index in [9.17, 15) is 17.6 Å². The molecule has 10 heteroatoms. The number of sulfonamides is 1. The second kappa shape index (κ2) is 9.17. The zero-order valence-corrected chi connectivity index (χ0v) is 18.4. The fourth-order valence-corrected chi connectivity index (χ4v) is 4.65. The summed E-state index contributed by atoms with van der Waals surface area (Å²) in [7, 11) is -3.61. The number of carbonyl (C=O) groups excluding carboxylic acids is 1. The van der Waals surface area contributed by atoms with Crippen molar-refractivity contribution < 1.29 is 22.3 Å². The summed E-state index contributed by atoms with van der Waals surface area (Å²) in [6.07, 6.45) is 2.11. The number of aromatic nitrogens is 2. The monoisotopic (exact) mass is 458 g/mol. The molecule has 0 bridgehead atoms. The lowest BCUT2D eigenvalue weighted by Crippen LogP contribution is -2.36. The quantitative estimate of drug-likeness (QED) is 0.543. The molecule has 168 valence electrons. The number of anilines is 2. The van der Waals surface area contributed by atoms with Crippen molar-refractivity contribution in [3.63, 3.8) is 0 Å². The van der Waals surface area contributed by atoms with Crippen molar-refractivity contribution in [2.45, 2.75) is 13.3 Å². The van der Waals surface area contributed by atoms with Gasteiger partial charge in [-0.05, 0) is 42.8 Å². The number of nitrogens with one attached hydrogen (secondary N) is 1. The molecule has 0 amide bonds. The van der Waals surface area contributed by atoms with E-state index in [0.29, 0.717) is 55.1 Å². The topological polar surface area (TPSA) is 101 Å². The van der Waals surface area contributed by atoms with Crippen molar-refractivity contribution in [1.29, 1.82) is 0 Å². The molecule has 2 aromatic carbocycles. The summed E-state index contributed by atoms with van der Waals surface area (Å²) < 4.78 is 45.9. The first kappa shape index (κ1) is 22.1. The van der Waals surface area contributed by atoms with E-state index in [-0.39, 0.29) is 17.0 Å². The van der Waals surface area contributed by atoms with Crippen molar-refractivity contribution in [1.82, 2.24) is 9.97 Å². The van der Waals surface area contributed by atoms with Crippen molar-refractivity contribution in [2.24, 2.45) is 0 Å². The van der Waals surface area contributed by atoms with E-state index in [4.69, 9.17) is 4.74 Å². The molecule has 0 saturated carbocycles. The Morgan fingerprint density at radius 3 is 2.66 bits per heavy atom. The number of carbonyl (C=O) groups is 1. The molecule has 1 N–H and O–H groups in total. The zero-order valence-electron chi connectivity index (χ0n) is 17.5. The van der Waals surface area contributed by atoms with Gasteiger partial charge < -0.3 is 9.64 Å². The van der Waals surface area contributed by atoms with E-state index in [0.717, 1.165) is 12.1 Å². The first-order valence-electron chi connectivity index (χ1n) is 10.3. The van der Waals surface area contributed by atoms with Crippen LogP contribution in [-0.4, -0.2) is 56.2 Å². The van der Waals surface area contributed by atoms with Crippen molar-refractivity contribution in [3.8, 4) is 0 Å². The summed E-state index contributed by atoms with van der Waals surface area (Å²) in [6.45, 7) is 4.37.